The van der Waals surface area contributed by atoms with Crippen LogP contribution in [0.2, 0.25) is 0 Å². The third-order valence-electron chi connectivity index (χ3n) is 3.99. The molecule has 1 unspecified atom stereocenters. The Morgan fingerprint density at radius 1 is 1.37 bits per heavy atom. The number of hydrogen-bond donors (Lipinski definition) is 1. The van der Waals surface area contributed by atoms with E-state index in [1.165, 1.54) is 25.1 Å². The first-order chi connectivity index (χ1) is 9.20. The zero-order chi connectivity index (χ0) is 13.7. The monoisotopic (exact) mass is 262 g/mol. The van der Waals surface area contributed by atoms with E-state index in [-0.39, 0.29) is 0 Å². The molecule has 1 aliphatic heterocycles. The molecule has 0 aromatic heterocycles. The lowest BCUT2D eigenvalue weighted by atomic mass is 10.1. The van der Waals surface area contributed by atoms with Gasteiger partial charge in [-0.05, 0) is 45.3 Å². The predicted octanol–water partition coefficient (Wildman–Crippen LogP) is 2.52. The molecule has 106 valence electrons. The van der Waals surface area contributed by atoms with Gasteiger partial charge in [0.2, 0.25) is 0 Å². The minimum Gasteiger partial charge on any atom is -0.496 e. The zero-order valence-electron chi connectivity index (χ0n) is 12.4. The molecule has 3 nitrogen and oxygen atoms in total. The first-order valence-electron chi connectivity index (χ1n) is 7.27. The van der Waals surface area contributed by atoms with Gasteiger partial charge in [-0.25, -0.2) is 0 Å². The summed E-state index contributed by atoms with van der Waals surface area (Å²) in [6.45, 7) is 9.04. The Labute approximate surface area is 116 Å². The molecule has 0 radical (unpaired) electrons. The number of nitrogens with zero attached hydrogens (tertiary/aromatic N) is 1. The van der Waals surface area contributed by atoms with Gasteiger partial charge < -0.3 is 15.0 Å². The highest BCUT2D eigenvalue weighted by atomic mass is 16.5. The average Bonchev–Trinajstić information content (AvgIpc) is 2.88. The van der Waals surface area contributed by atoms with Gasteiger partial charge >= 0.3 is 0 Å². The summed E-state index contributed by atoms with van der Waals surface area (Å²) in [6.07, 6.45) is 1.32. The summed E-state index contributed by atoms with van der Waals surface area (Å²) in [7, 11) is 1.73. The van der Waals surface area contributed by atoms with E-state index in [0.717, 1.165) is 24.8 Å². The highest BCUT2D eigenvalue weighted by Crippen LogP contribution is 2.19. The predicted molar refractivity (Wildman–Crippen MR) is 79.5 cm³/mol. The van der Waals surface area contributed by atoms with Gasteiger partial charge in [-0.3, -0.25) is 0 Å². The van der Waals surface area contributed by atoms with Crippen molar-refractivity contribution in [3.63, 3.8) is 0 Å². The van der Waals surface area contributed by atoms with Crippen molar-refractivity contribution >= 4 is 0 Å². The topological polar surface area (TPSA) is 24.5 Å². The van der Waals surface area contributed by atoms with E-state index < -0.39 is 0 Å². The molecule has 2 rings (SSSR count). The Balaban J connectivity index is 1.75. The Hall–Kier alpha value is -1.06. The molecular weight excluding hydrogens is 236 g/mol. The lowest BCUT2D eigenvalue weighted by Gasteiger charge is -2.20. The van der Waals surface area contributed by atoms with Gasteiger partial charge in [-0.1, -0.05) is 18.2 Å². The van der Waals surface area contributed by atoms with E-state index >= 15 is 0 Å². The van der Waals surface area contributed by atoms with Crippen LogP contribution in [-0.4, -0.2) is 37.7 Å². The van der Waals surface area contributed by atoms with Crippen molar-refractivity contribution in [1.29, 1.82) is 0 Å². The van der Waals surface area contributed by atoms with Crippen LogP contribution >= 0.6 is 0 Å². The van der Waals surface area contributed by atoms with E-state index in [1.54, 1.807) is 7.11 Å². The summed E-state index contributed by atoms with van der Waals surface area (Å²) >= 11 is 0. The van der Waals surface area contributed by atoms with E-state index in [2.05, 4.69) is 36.2 Å². The largest absolute Gasteiger partial charge is 0.496 e. The Kier molecular flexibility index (Phi) is 5.23. The van der Waals surface area contributed by atoms with E-state index in [0.29, 0.717) is 6.04 Å². The van der Waals surface area contributed by atoms with E-state index in [9.17, 15) is 0 Å². The fourth-order valence-electron chi connectivity index (χ4n) is 2.76. The number of nitrogens with one attached hydrogen (secondary N) is 1. The fourth-order valence-corrected chi connectivity index (χ4v) is 2.76. The normalized spacial score (nSPS) is 20.1. The third-order valence-corrected chi connectivity index (χ3v) is 3.99. The van der Waals surface area contributed by atoms with Gasteiger partial charge in [0.05, 0.1) is 7.11 Å². The second kappa shape index (κ2) is 6.92. The summed E-state index contributed by atoms with van der Waals surface area (Å²) in [4.78, 5) is 2.56. The maximum absolute atomic E-state index is 5.37. The molecule has 1 aromatic rings. The van der Waals surface area contributed by atoms with Gasteiger partial charge in [0.25, 0.3) is 0 Å². The quantitative estimate of drug-likeness (QED) is 0.852. The van der Waals surface area contributed by atoms with Crippen molar-refractivity contribution in [3.05, 3.63) is 29.8 Å². The molecule has 1 N–H and O–H groups in total. The molecule has 1 saturated heterocycles. The standard InChI is InChI=1S/C16H26N2O/c1-13(2)18-9-8-14(12-18)10-17-11-15-6-4-5-7-16(15)19-3/h4-7,13-14,17H,8-12H2,1-3H3. The molecule has 1 atom stereocenters. The minimum atomic E-state index is 0.680. The van der Waals surface area contributed by atoms with Crippen LogP contribution in [0.5, 0.6) is 5.75 Å². The summed E-state index contributed by atoms with van der Waals surface area (Å²) in [5, 5.41) is 3.57. The number of hydrogen-bond acceptors (Lipinski definition) is 3. The molecule has 0 bridgehead atoms. The maximum atomic E-state index is 5.37. The smallest absolute Gasteiger partial charge is 0.123 e. The van der Waals surface area contributed by atoms with Crippen molar-refractivity contribution in [3.8, 4) is 5.75 Å². The van der Waals surface area contributed by atoms with Crippen LogP contribution in [0.4, 0.5) is 0 Å². The fraction of sp³-hybridized carbons (Fsp3) is 0.625. The molecule has 0 amide bonds. The highest BCUT2D eigenvalue weighted by molar-refractivity contribution is 5.32. The van der Waals surface area contributed by atoms with Crippen LogP contribution < -0.4 is 10.1 Å². The second-order valence-corrected chi connectivity index (χ2v) is 5.69. The van der Waals surface area contributed by atoms with Crippen LogP contribution in [0.15, 0.2) is 24.3 Å². The first kappa shape index (κ1) is 14.4. The highest BCUT2D eigenvalue weighted by Gasteiger charge is 2.23. The number of para-hydroxylation sites is 1. The molecule has 19 heavy (non-hydrogen) atoms. The molecule has 3 heteroatoms. The summed E-state index contributed by atoms with van der Waals surface area (Å²) in [6, 6.07) is 8.91. The number of methoxy groups -OCH3 is 1. The zero-order valence-corrected chi connectivity index (χ0v) is 12.4. The summed E-state index contributed by atoms with van der Waals surface area (Å²) < 4.78 is 5.37. The molecule has 1 aliphatic rings. The van der Waals surface area contributed by atoms with Crippen molar-refractivity contribution in [2.24, 2.45) is 5.92 Å². The van der Waals surface area contributed by atoms with Gasteiger partial charge in [0.1, 0.15) is 5.75 Å². The molecule has 1 fully saturated rings. The SMILES string of the molecule is COc1ccccc1CNCC1CCN(C(C)C)C1. The Bertz CT molecular complexity index is 392. The lowest BCUT2D eigenvalue weighted by Crippen LogP contribution is -2.30. The number of rotatable bonds is 6. The Morgan fingerprint density at radius 2 is 2.16 bits per heavy atom. The molecule has 1 aromatic carbocycles. The van der Waals surface area contributed by atoms with Crippen molar-refractivity contribution in [2.45, 2.75) is 32.9 Å². The molecule has 0 spiro atoms. The van der Waals surface area contributed by atoms with Gasteiger partial charge in [-0.2, -0.15) is 0 Å². The molecule has 0 aliphatic carbocycles. The maximum Gasteiger partial charge on any atom is 0.123 e. The molecular formula is C16H26N2O. The Morgan fingerprint density at radius 3 is 2.84 bits per heavy atom. The van der Waals surface area contributed by atoms with Gasteiger partial charge in [0, 0.05) is 24.7 Å². The summed E-state index contributed by atoms with van der Waals surface area (Å²) in [5.41, 5.74) is 1.24. The van der Waals surface area contributed by atoms with Gasteiger partial charge in [-0.15, -0.1) is 0 Å². The second-order valence-electron chi connectivity index (χ2n) is 5.69. The lowest BCUT2D eigenvalue weighted by molar-refractivity contribution is 0.264. The molecule has 1 heterocycles. The number of likely N-dealkylation sites (tertiary alicyclic amines) is 1. The minimum absolute atomic E-state index is 0.680. The van der Waals surface area contributed by atoms with Crippen LogP contribution in [0, 0.1) is 5.92 Å². The van der Waals surface area contributed by atoms with Crippen LogP contribution in [-0.2, 0) is 6.54 Å². The number of benzene rings is 1. The van der Waals surface area contributed by atoms with Crippen molar-refractivity contribution in [1.82, 2.24) is 10.2 Å². The van der Waals surface area contributed by atoms with Crippen molar-refractivity contribution in [2.75, 3.05) is 26.7 Å². The van der Waals surface area contributed by atoms with Crippen LogP contribution in [0.3, 0.4) is 0 Å². The van der Waals surface area contributed by atoms with Gasteiger partial charge in [0.15, 0.2) is 0 Å². The van der Waals surface area contributed by atoms with Crippen LogP contribution in [0.1, 0.15) is 25.8 Å². The third kappa shape index (κ3) is 3.95. The van der Waals surface area contributed by atoms with E-state index in [1.807, 2.05) is 12.1 Å². The van der Waals surface area contributed by atoms with Crippen molar-refractivity contribution < 1.29 is 4.74 Å². The van der Waals surface area contributed by atoms with Crippen LogP contribution in [0.25, 0.3) is 0 Å². The first-order valence-corrected chi connectivity index (χ1v) is 7.27. The summed E-state index contributed by atoms with van der Waals surface area (Å²) in [5.74, 6) is 1.77. The number of ether oxygens (including phenoxy) is 1. The van der Waals surface area contributed by atoms with E-state index in [4.69, 9.17) is 4.74 Å². The molecule has 0 saturated carbocycles. The average molecular weight is 262 g/mol.